The van der Waals surface area contributed by atoms with E-state index in [2.05, 4.69) is 15.6 Å². The van der Waals surface area contributed by atoms with E-state index >= 15 is 0 Å². The zero-order valence-electron chi connectivity index (χ0n) is 10.0. The number of urea groups is 1. The van der Waals surface area contributed by atoms with Crippen molar-refractivity contribution in [3.63, 3.8) is 0 Å². The molecule has 0 aliphatic heterocycles. The molecule has 0 spiro atoms. The van der Waals surface area contributed by atoms with E-state index in [-0.39, 0.29) is 24.9 Å². The summed E-state index contributed by atoms with van der Waals surface area (Å²) in [6.07, 6.45) is 1.47. The van der Waals surface area contributed by atoms with Crippen molar-refractivity contribution < 1.29 is 15.0 Å². The second-order valence-electron chi connectivity index (χ2n) is 3.65. The number of aliphatic hydroxyl groups excluding tert-OH is 1. The van der Waals surface area contributed by atoms with E-state index < -0.39 is 0 Å². The second kappa shape index (κ2) is 7.03. The van der Waals surface area contributed by atoms with Crippen molar-refractivity contribution >= 4 is 17.6 Å². The zero-order valence-corrected chi connectivity index (χ0v) is 10.8. The molecule has 0 saturated heterocycles. The summed E-state index contributed by atoms with van der Waals surface area (Å²) in [5, 5.41) is 24.1. The Morgan fingerprint density at radius 3 is 2.83 bits per heavy atom. The van der Waals surface area contributed by atoms with E-state index in [9.17, 15) is 9.90 Å². The lowest BCUT2D eigenvalue weighted by atomic mass is 10.1. The molecule has 0 unspecified atom stereocenters. The molecule has 4 N–H and O–H groups in total. The number of carbonyl (C=O) groups is 1. The maximum absolute atomic E-state index is 11.3. The summed E-state index contributed by atoms with van der Waals surface area (Å²) in [6.45, 7) is 1.87. The average Bonchev–Trinajstić information content (AvgIpc) is 2.38. The molecule has 6 nitrogen and oxygen atoms in total. The molecule has 1 aromatic rings. The van der Waals surface area contributed by atoms with E-state index in [0.29, 0.717) is 29.2 Å². The fraction of sp³-hybridized carbons (Fsp3) is 0.455. The van der Waals surface area contributed by atoms with Crippen molar-refractivity contribution in [1.29, 1.82) is 0 Å². The van der Waals surface area contributed by atoms with E-state index in [0.717, 1.165) is 0 Å². The molecule has 1 heterocycles. The Hall–Kier alpha value is -1.53. The van der Waals surface area contributed by atoms with E-state index in [1.165, 1.54) is 6.20 Å². The van der Waals surface area contributed by atoms with Crippen LogP contribution in [0.2, 0.25) is 0 Å². The maximum atomic E-state index is 11.3. The molecular weight excluding hydrogens is 258 g/mol. The van der Waals surface area contributed by atoms with Crippen molar-refractivity contribution in [2.24, 2.45) is 0 Å². The molecule has 1 rings (SSSR count). The lowest BCUT2D eigenvalue weighted by Crippen LogP contribution is -2.36. The summed E-state index contributed by atoms with van der Waals surface area (Å²) in [5.41, 5.74) is 1.40. The Balaban J connectivity index is 2.71. The first-order chi connectivity index (χ1) is 8.60. The molecule has 0 aromatic carbocycles. The van der Waals surface area contributed by atoms with Crippen LogP contribution in [0.3, 0.4) is 0 Å². The third kappa shape index (κ3) is 3.75. The van der Waals surface area contributed by atoms with Gasteiger partial charge in [0.25, 0.3) is 0 Å². The van der Waals surface area contributed by atoms with Crippen LogP contribution < -0.4 is 10.6 Å². The molecule has 0 bridgehead atoms. The summed E-state index contributed by atoms with van der Waals surface area (Å²) in [7, 11) is 0. The van der Waals surface area contributed by atoms with Crippen LogP contribution in [0, 0.1) is 6.92 Å². The monoisotopic (exact) mass is 273 g/mol. The van der Waals surface area contributed by atoms with Gasteiger partial charge in [0.05, 0.1) is 12.3 Å². The topological polar surface area (TPSA) is 94.5 Å². The van der Waals surface area contributed by atoms with Crippen LogP contribution in [0.5, 0.6) is 5.75 Å². The number of hydrogen-bond acceptors (Lipinski definition) is 4. The van der Waals surface area contributed by atoms with Gasteiger partial charge in [0.2, 0.25) is 0 Å². The van der Waals surface area contributed by atoms with Crippen molar-refractivity contribution in [1.82, 2.24) is 15.6 Å². The van der Waals surface area contributed by atoms with Crippen molar-refractivity contribution in [3.05, 3.63) is 23.0 Å². The van der Waals surface area contributed by atoms with Gasteiger partial charge in [0, 0.05) is 36.3 Å². The SMILES string of the molecule is Cc1ncc(CO)c(CNC(=O)NCCCl)c1O. The van der Waals surface area contributed by atoms with Gasteiger partial charge in [-0.3, -0.25) is 4.98 Å². The maximum Gasteiger partial charge on any atom is 0.315 e. The number of amides is 2. The smallest absolute Gasteiger partial charge is 0.315 e. The minimum Gasteiger partial charge on any atom is -0.506 e. The van der Waals surface area contributed by atoms with Crippen molar-refractivity contribution in [3.8, 4) is 5.75 Å². The molecule has 0 saturated carbocycles. The normalized spacial score (nSPS) is 10.2. The number of alkyl halides is 1. The number of aromatic nitrogens is 1. The highest BCUT2D eigenvalue weighted by atomic mass is 35.5. The fourth-order valence-corrected chi connectivity index (χ4v) is 1.50. The molecular formula is C11H16ClN3O3. The number of nitrogens with one attached hydrogen (secondary N) is 2. The van der Waals surface area contributed by atoms with Crippen molar-refractivity contribution in [2.45, 2.75) is 20.1 Å². The van der Waals surface area contributed by atoms with Gasteiger partial charge < -0.3 is 20.8 Å². The van der Waals surface area contributed by atoms with Gasteiger partial charge in [-0.1, -0.05) is 0 Å². The van der Waals surface area contributed by atoms with Gasteiger partial charge in [-0.2, -0.15) is 0 Å². The molecule has 0 fully saturated rings. The van der Waals surface area contributed by atoms with E-state index in [1.54, 1.807) is 6.92 Å². The Morgan fingerprint density at radius 2 is 2.22 bits per heavy atom. The summed E-state index contributed by atoms with van der Waals surface area (Å²) < 4.78 is 0. The van der Waals surface area contributed by atoms with Crippen LogP contribution in [0.1, 0.15) is 16.8 Å². The van der Waals surface area contributed by atoms with E-state index in [1.807, 2.05) is 0 Å². The van der Waals surface area contributed by atoms with Gasteiger partial charge in [-0.05, 0) is 6.92 Å². The molecule has 0 radical (unpaired) electrons. The number of hydrogen-bond donors (Lipinski definition) is 4. The van der Waals surface area contributed by atoms with Gasteiger partial charge in [-0.15, -0.1) is 11.6 Å². The Morgan fingerprint density at radius 1 is 1.50 bits per heavy atom. The summed E-state index contributed by atoms with van der Waals surface area (Å²) in [5.74, 6) is 0.314. The summed E-state index contributed by atoms with van der Waals surface area (Å²) >= 11 is 5.43. The predicted molar refractivity (Wildman–Crippen MR) is 67.5 cm³/mol. The third-order valence-electron chi connectivity index (χ3n) is 2.41. The minimum absolute atomic E-state index is 0.0146. The Labute approximate surface area is 110 Å². The van der Waals surface area contributed by atoms with E-state index in [4.69, 9.17) is 16.7 Å². The highest BCUT2D eigenvalue weighted by Crippen LogP contribution is 2.23. The standard InChI is InChI=1S/C11H16ClN3O3/c1-7-10(17)9(8(6-16)4-14-7)5-15-11(18)13-3-2-12/h4,16-17H,2-3,5-6H2,1H3,(H2,13,15,18). The lowest BCUT2D eigenvalue weighted by molar-refractivity contribution is 0.240. The fourth-order valence-electron chi connectivity index (χ4n) is 1.41. The largest absolute Gasteiger partial charge is 0.506 e. The van der Waals surface area contributed by atoms with Gasteiger partial charge in [-0.25, -0.2) is 4.79 Å². The quantitative estimate of drug-likeness (QED) is 0.592. The van der Waals surface area contributed by atoms with Crippen LogP contribution in [-0.4, -0.2) is 33.7 Å². The molecule has 100 valence electrons. The van der Waals surface area contributed by atoms with Crippen molar-refractivity contribution in [2.75, 3.05) is 12.4 Å². The third-order valence-corrected chi connectivity index (χ3v) is 2.60. The Bertz CT molecular complexity index is 426. The summed E-state index contributed by atoms with van der Waals surface area (Å²) in [4.78, 5) is 15.3. The predicted octanol–water partition coefficient (Wildman–Crippen LogP) is 0.626. The molecule has 7 heteroatoms. The number of nitrogens with zero attached hydrogens (tertiary/aromatic N) is 1. The molecule has 0 atom stereocenters. The number of pyridine rings is 1. The first-order valence-electron chi connectivity index (χ1n) is 5.45. The second-order valence-corrected chi connectivity index (χ2v) is 4.03. The molecule has 0 aliphatic rings. The highest BCUT2D eigenvalue weighted by molar-refractivity contribution is 6.18. The Kier molecular flexibility index (Phi) is 5.67. The van der Waals surface area contributed by atoms with Crippen LogP contribution in [0.15, 0.2) is 6.20 Å². The molecule has 1 aromatic heterocycles. The highest BCUT2D eigenvalue weighted by Gasteiger charge is 2.12. The number of carbonyl (C=O) groups excluding carboxylic acids is 1. The number of aromatic hydroxyl groups is 1. The average molecular weight is 274 g/mol. The lowest BCUT2D eigenvalue weighted by Gasteiger charge is -2.12. The van der Waals surface area contributed by atoms with Gasteiger partial charge >= 0.3 is 6.03 Å². The first-order valence-corrected chi connectivity index (χ1v) is 5.98. The summed E-state index contributed by atoms with van der Waals surface area (Å²) in [6, 6.07) is -0.381. The molecule has 18 heavy (non-hydrogen) atoms. The molecule has 2 amide bonds. The van der Waals surface area contributed by atoms with Gasteiger partial charge in [0.15, 0.2) is 0 Å². The first kappa shape index (κ1) is 14.5. The van der Waals surface area contributed by atoms with Crippen LogP contribution >= 0.6 is 11.6 Å². The van der Waals surface area contributed by atoms with Crippen LogP contribution in [0.4, 0.5) is 4.79 Å². The number of aliphatic hydroxyl groups is 1. The minimum atomic E-state index is -0.381. The number of halogens is 1. The molecule has 0 aliphatic carbocycles. The van der Waals surface area contributed by atoms with Crippen LogP contribution in [0.25, 0.3) is 0 Å². The number of aryl methyl sites for hydroxylation is 1. The van der Waals surface area contributed by atoms with Gasteiger partial charge in [0.1, 0.15) is 5.75 Å². The van der Waals surface area contributed by atoms with Crippen LogP contribution in [-0.2, 0) is 13.2 Å². The zero-order chi connectivity index (χ0) is 13.5. The number of rotatable bonds is 5.